The van der Waals surface area contributed by atoms with Gasteiger partial charge < -0.3 is 16.0 Å². The van der Waals surface area contributed by atoms with E-state index in [4.69, 9.17) is 5.73 Å². The first-order chi connectivity index (χ1) is 9.53. The zero-order valence-electron chi connectivity index (χ0n) is 13.2. The molecule has 5 nitrogen and oxygen atoms in total. The molecular formula is C15H29IN4O. The van der Waals surface area contributed by atoms with Gasteiger partial charge in [0.25, 0.3) is 0 Å². The third-order valence-corrected chi connectivity index (χ3v) is 4.77. The molecule has 0 atom stereocenters. The van der Waals surface area contributed by atoms with Gasteiger partial charge in [-0.1, -0.05) is 19.3 Å². The van der Waals surface area contributed by atoms with Gasteiger partial charge in [-0.3, -0.25) is 9.79 Å². The molecule has 0 aliphatic heterocycles. The Labute approximate surface area is 145 Å². The topological polar surface area (TPSA) is 70.7 Å². The number of aliphatic imine (C=N–C) groups is 1. The van der Waals surface area contributed by atoms with Crippen LogP contribution in [0.15, 0.2) is 4.99 Å². The van der Waals surface area contributed by atoms with Gasteiger partial charge in [0.2, 0.25) is 5.91 Å². The Morgan fingerprint density at radius 3 is 2.38 bits per heavy atom. The average molecular weight is 408 g/mol. The Hall–Kier alpha value is -0.530. The smallest absolute Gasteiger partial charge is 0.230 e. The number of hydrogen-bond acceptors (Lipinski definition) is 2. The summed E-state index contributed by atoms with van der Waals surface area (Å²) in [5.74, 6) is 1.45. The van der Waals surface area contributed by atoms with Crippen LogP contribution in [0.3, 0.4) is 0 Å². The molecule has 2 aliphatic carbocycles. The monoisotopic (exact) mass is 408 g/mol. The highest BCUT2D eigenvalue weighted by molar-refractivity contribution is 14.0. The summed E-state index contributed by atoms with van der Waals surface area (Å²) in [4.78, 5) is 18.5. The predicted molar refractivity (Wildman–Crippen MR) is 96.8 cm³/mol. The number of halogens is 1. The quantitative estimate of drug-likeness (QED) is 0.415. The lowest BCUT2D eigenvalue weighted by Crippen LogP contribution is -2.42. The molecule has 2 fully saturated rings. The fraction of sp³-hybridized carbons (Fsp3) is 0.867. The van der Waals surface area contributed by atoms with Crippen molar-refractivity contribution in [2.75, 3.05) is 27.2 Å². The van der Waals surface area contributed by atoms with Crippen LogP contribution in [-0.2, 0) is 4.79 Å². The lowest BCUT2D eigenvalue weighted by molar-refractivity contribution is -0.138. The Kier molecular flexibility index (Phi) is 7.23. The molecule has 0 heterocycles. The van der Waals surface area contributed by atoms with Crippen LogP contribution in [0.2, 0.25) is 0 Å². The van der Waals surface area contributed by atoms with Crippen LogP contribution in [0.25, 0.3) is 0 Å². The number of carbonyl (C=O) groups is 1. The van der Waals surface area contributed by atoms with Crippen molar-refractivity contribution in [1.82, 2.24) is 10.2 Å². The van der Waals surface area contributed by atoms with Crippen LogP contribution >= 0.6 is 24.0 Å². The molecular weight excluding hydrogens is 379 g/mol. The fourth-order valence-corrected chi connectivity index (χ4v) is 3.20. The molecule has 21 heavy (non-hydrogen) atoms. The minimum atomic E-state index is -0.313. The van der Waals surface area contributed by atoms with Gasteiger partial charge in [-0.25, -0.2) is 0 Å². The first-order valence-corrected chi connectivity index (χ1v) is 7.79. The number of guanidine groups is 1. The lowest BCUT2D eigenvalue weighted by atomic mass is 9.84. The Morgan fingerprint density at radius 1 is 1.29 bits per heavy atom. The molecule has 1 amide bonds. The summed E-state index contributed by atoms with van der Waals surface area (Å²) in [5, 5.41) is 3.20. The van der Waals surface area contributed by atoms with E-state index in [1.165, 1.54) is 19.3 Å². The standard InChI is InChI=1S/C15H28N4O.HI/c1-19(2)13(20)15(8-3-4-9-15)11-18-14(16)17-10-12-6-5-7-12;/h12H,3-11H2,1-2H3,(H3,16,17,18);1H. The van der Waals surface area contributed by atoms with Gasteiger partial charge in [-0.05, 0) is 31.6 Å². The normalized spacial score (nSPS) is 21.3. The Morgan fingerprint density at radius 2 is 1.90 bits per heavy atom. The van der Waals surface area contributed by atoms with E-state index in [9.17, 15) is 4.79 Å². The number of nitrogens with two attached hydrogens (primary N) is 1. The van der Waals surface area contributed by atoms with Gasteiger partial charge in [0.05, 0.1) is 12.0 Å². The summed E-state index contributed by atoms with van der Waals surface area (Å²) in [5.41, 5.74) is 5.61. The third kappa shape index (κ3) is 4.72. The highest BCUT2D eigenvalue weighted by Crippen LogP contribution is 2.39. The van der Waals surface area contributed by atoms with Crippen LogP contribution in [-0.4, -0.2) is 44.0 Å². The number of amides is 1. The van der Waals surface area contributed by atoms with E-state index in [0.29, 0.717) is 12.5 Å². The third-order valence-electron chi connectivity index (χ3n) is 4.77. The Bertz CT molecular complexity index is 374. The molecule has 0 aromatic carbocycles. The maximum absolute atomic E-state index is 12.4. The minimum Gasteiger partial charge on any atom is -0.370 e. The van der Waals surface area contributed by atoms with Crippen molar-refractivity contribution in [3.8, 4) is 0 Å². The van der Waals surface area contributed by atoms with Crippen LogP contribution < -0.4 is 11.1 Å². The molecule has 0 aromatic rings. The van der Waals surface area contributed by atoms with E-state index in [1.807, 2.05) is 14.1 Å². The van der Waals surface area contributed by atoms with Gasteiger partial charge in [-0.2, -0.15) is 0 Å². The minimum absolute atomic E-state index is 0. The van der Waals surface area contributed by atoms with E-state index >= 15 is 0 Å². The summed E-state index contributed by atoms with van der Waals surface area (Å²) in [6.07, 6.45) is 8.03. The summed E-state index contributed by atoms with van der Waals surface area (Å²) >= 11 is 0. The molecule has 2 aliphatic rings. The first-order valence-electron chi connectivity index (χ1n) is 7.79. The van der Waals surface area contributed by atoms with Crippen molar-refractivity contribution in [2.24, 2.45) is 22.1 Å². The van der Waals surface area contributed by atoms with Crippen molar-refractivity contribution in [3.63, 3.8) is 0 Å². The van der Waals surface area contributed by atoms with Gasteiger partial charge in [-0.15, -0.1) is 24.0 Å². The van der Waals surface area contributed by atoms with E-state index in [1.54, 1.807) is 4.90 Å². The predicted octanol–water partition coefficient (Wildman–Crippen LogP) is 1.96. The summed E-state index contributed by atoms with van der Waals surface area (Å²) in [7, 11) is 3.65. The largest absolute Gasteiger partial charge is 0.370 e. The molecule has 0 bridgehead atoms. The van der Waals surface area contributed by atoms with Crippen molar-refractivity contribution in [1.29, 1.82) is 0 Å². The van der Waals surface area contributed by atoms with Crippen LogP contribution in [0.4, 0.5) is 0 Å². The molecule has 6 heteroatoms. The highest BCUT2D eigenvalue weighted by atomic mass is 127. The average Bonchev–Trinajstić information content (AvgIpc) is 2.83. The van der Waals surface area contributed by atoms with E-state index in [0.717, 1.165) is 38.1 Å². The maximum atomic E-state index is 12.4. The molecule has 2 rings (SSSR count). The van der Waals surface area contributed by atoms with Crippen molar-refractivity contribution in [3.05, 3.63) is 0 Å². The molecule has 0 unspecified atom stereocenters. The number of hydrogen-bond donors (Lipinski definition) is 2. The van der Waals surface area contributed by atoms with Crippen LogP contribution in [0.1, 0.15) is 44.9 Å². The van der Waals surface area contributed by atoms with Gasteiger partial charge in [0, 0.05) is 20.6 Å². The summed E-state index contributed by atoms with van der Waals surface area (Å²) in [6.45, 7) is 1.44. The van der Waals surface area contributed by atoms with Crippen LogP contribution in [0, 0.1) is 11.3 Å². The highest BCUT2D eigenvalue weighted by Gasteiger charge is 2.41. The Balaban J connectivity index is 0.00000220. The molecule has 2 saturated carbocycles. The molecule has 0 spiro atoms. The van der Waals surface area contributed by atoms with Crippen molar-refractivity contribution >= 4 is 35.8 Å². The molecule has 3 N–H and O–H groups in total. The van der Waals surface area contributed by atoms with Gasteiger partial charge in [0.15, 0.2) is 5.96 Å². The van der Waals surface area contributed by atoms with Gasteiger partial charge >= 0.3 is 0 Å². The zero-order chi connectivity index (χ0) is 14.6. The first kappa shape index (κ1) is 18.5. The number of nitrogens with one attached hydrogen (secondary N) is 1. The SMILES string of the molecule is CN(C)C(=O)C1(CN=C(N)NCC2CCC2)CCCC1.I. The zero-order valence-corrected chi connectivity index (χ0v) is 15.6. The van der Waals surface area contributed by atoms with E-state index in [-0.39, 0.29) is 35.3 Å². The molecule has 0 saturated heterocycles. The summed E-state index contributed by atoms with van der Waals surface area (Å²) in [6, 6.07) is 0. The summed E-state index contributed by atoms with van der Waals surface area (Å²) < 4.78 is 0. The van der Waals surface area contributed by atoms with Crippen LogP contribution in [0.5, 0.6) is 0 Å². The van der Waals surface area contributed by atoms with Gasteiger partial charge in [0.1, 0.15) is 0 Å². The lowest BCUT2D eigenvalue weighted by Gasteiger charge is -2.29. The van der Waals surface area contributed by atoms with E-state index < -0.39 is 0 Å². The van der Waals surface area contributed by atoms with E-state index in [2.05, 4.69) is 10.3 Å². The second kappa shape index (κ2) is 8.19. The fourth-order valence-electron chi connectivity index (χ4n) is 3.20. The molecule has 0 aromatic heterocycles. The number of rotatable bonds is 5. The molecule has 0 radical (unpaired) electrons. The van der Waals surface area contributed by atoms with Crippen molar-refractivity contribution in [2.45, 2.75) is 44.9 Å². The second-order valence-corrected chi connectivity index (χ2v) is 6.57. The molecule has 122 valence electrons. The number of carbonyl (C=O) groups excluding carboxylic acids is 1. The van der Waals surface area contributed by atoms with Crippen molar-refractivity contribution < 1.29 is 4.79 Å². The maximum Gasteiger partial charge on any atom is 0.230 e. The second-order valence-electron chi connectivity index (χ2n) is 6.57. The number of nitrogens with zero attached hydrogens (tertiary/aromatic N) is 2.